The maximum Gasteiger partial charge on any atom is 0.431 e. The average molecular weight is 568 g/mol. The largest absolute Gasteiger partial charge is 0.478 e. The number of aromatic nitrogens is 3. The van der Waals surface area contributed by atoms with Gasteiger partial charge in [-0.05, 0) is 55.7 Å². The fourth-order valence-electron chi connectivity index (χ4n) is 3.82. The molecule has 0 fully saturated rings. The summed E-state index contributed by atoms with van der Waals surface area (Å²) in [4.78, 5) is 37.6. The molecule has 0 radical (unpaired) electrons. The van der Waals surface area contributed by atoms with Gasteiger partial charge in [0.25, 0.3) is 5.56 Å². The molecule has 8 nitrogen and oxygen atoms in total. The number of halogens is 4. The lowest BCUT2D eigenvalue weighted by Gasteiger charge is -2.17. The lowest BCUT2D eigenvalue weighted by molar-refractivity contribution is -0.150. The first-order chi connectivity index (χ1) is 17.9. The maximum absolute atomic E-state index is 13.3. The van der Waals surface area contributed by atoms with Gasteiger partial charge in [-0.3, -0.25) is 9.36 Å². The van der Waals surface area contributed by atoms with E-state index in [-0.39, 0.29) is 18.2 Å². The molecular formula is C25H21ClF3N3O5S. The number of benzene rings is 2. The van der Waals surface area contributed by atoms with Crippen molar-refractivity contribution in [1.82, 2.24) is 13.5 Å². The van der Waals surface area contributed by atoms with Crippen LogP contribution in [0.25, 0.3) is 27.0 Å². The number of hydrogen-bond donors (Lipinski definition) is 0. The Morgan fingerprint density at radius 3 is 2.58 bits per heavy atom. The molecule has 4 rings (SSSR count). The number of esters is 1. The minimum Gasteiger partial charge on any atom is -0.478 e. The Balaban J connectivity index is 1.83. The van der Waals surface area contributed by atoms with Crippen LogP contribution in [0, 0.1) is 6.92 Å². The number of aryl methyl sites for hydroxylation is 1. The summed E-state index contributed by atoms with van der Waals surface area (Å²) in [5.41, 5.74) is -1.67. The first-order valence-corrected chi connectivity index (χ1v) is 12.5. The smallest absolute Gasteiger partial charge is 0.431 e. The third-order valence-electron chi connectivity index (χ3n) is 5.67. The zero-order valence-electron chi connectivity index (χ0n) is 20.3. The summed E-state index contributed by atoms with van der Waals surface area (Å²) in [6, 6.07) is 10.3. The molecule has 0 amide bonds. The van der Waals surface area contributed by atoms with Gasteiger partial charge in [-0.2, -0.15) is 17.5 Å². The van der Waals surface area contributed by atoms with Crippen molar-refractivity contribution >= 4 is 39.2 Å². The van der Waals surface area contributed by atoms with Crippen LogP contribution in [0.2, 0.25) is 0 Å². The van der Waals surface area contributed by atoms with Gasteiger partial charge in [-0.25, -0.2) is 14.2 Å². The van der Waals surface area contributed by atoms with E-state index >= 15 is 0 Å². The van der Waals surface area contributed by atoms with Gasteiger partial charge in [0.2, 0.25) is 0 Å². The first-order valence-electron chi connectivity index (χ1n) is 11.2. The molecule has 38 heavy (non-hydrogen) atoms. The Labute approximate surface area is 223 Å². The molecule has 0 aliphatic heterocycles. The van der Waals surface area contributed by atoms with Crippen molar-refractivity contribution in [3.63, 3.8) is 0 Å². The van der Waals surface area contributed by atoms with Crippen LogP contribution in [0.1, 0.15) is 18.2 Å². The molecule has 0 aliphatic rings. The van der Waals surface area contributed by atoms with E-state index in [0.29, 0.717) is 42.3 Å². The molecule has 0 spiro atoms. The quantitative estimate of drug-likeness (QED) is 0.238. The number of carbonyl (C=O) groups is 1. The molecule has 0 N–H and O–H groups in total. The van der Waals surface area contributed by atoms with Gasteiger partial charge in [-0.15, -0.1) is 11.6 Å². The molecule has 2 heterocycles. The third kappa shape index (κ3) is 5.32. The minimum absolute atomic E-state index is 0.0388. The van der Waals surface area contributed by atoms with Gasteiger partial charge in [0.15, 0.2) is 6.10 Å². The van der Waals surface area contributed by atoms with Crippen molar-refractivity contribution in [2.24, 2.45) is 7.05 Å². The number of carbonyl (C=O) groups excluding carboxylic acids is 1. The van der Waals surface area contributed by atoms with E-state index in [2.05, 4.69) is 4.37 Å². The van der Waals surface area contributed by atoms with Gasteiger partial charge in [0.05, 0.1) is 22.0 Å². The van der Waals surface area contributed by atoms with Crippen molar-refractivity contribution in [3.05, 3.63) is 74.6 Å². The van der Waals surface area contributed by atoms with E-state index in [0.717, 1.165) is 24.1 Å². The van der Waals surface area contributed by atoms with Gasteiger partial charge >= 0.3 is 17.8 Å². The second-order valence-corrected chi connectivity index (χ2v) is 9.55. The first kappa shape index (κ1) is 27.4. The number of fused-ring (bicyclic) bond motifs is 1. The summed E-state index contributed by atoms with van der Waals surface area (Å²) in [6.07, 6.45) is -5.82. The average Bonchev–Trinajstić information content (AvgIpc) is 3.28. The predicted molar refractivity (Wildman–Crippen MR) is 137 cm³/mol. The number of rotatable bonds is 7. The standard InChI is InChI=1S/C25H21ClF3N3O5S/c1-13-4-6-18(37-14(2)23(34)36-9-8-26)16(10-13)22-17-11-15(5-7-19(17)38-30-22)32-21(33)12-20(25(27,28)29)31(3)24(32)35/h4-7,10-12,14H,8-9H2,1-3H3. The molecular weight excluding hydrogens is 547 g/mol. The topological polar surface area (TPSA) is 92.4 Å². The molecule has 1 unspecified atom stereocenters. The molecule has 0 bridgehead atoms. The van der Waals surface area contributed by atoms with Crippen molar-refractivity contribution in [3.8, 4) is 22.7 Å². The molecule has 4 aromatic rings. The summed E-state index contributed by atoms with van der Waals surface area (Å²) < 4.78 is 57.0. The molecule has 0 saturated carbocycles. The van der Waals surface area contributed by atoms with Crippen molar-refractivity contribution < 1.29 is 27.4 Å². The molecule has 0 aliphatic carbocycles. The van der Waals surface area contributed by atoms with Crippen LogP contribution in [-0.4, -0.2) is 38.1 Å². The third-order valence-corrected chi connectivity index (χ3v) is 6.65. The van der Waals surface area contributed by atoms with Crippen LogP contribution in [-0.2, 0) is 22.8 Å². The van der Waals surface area contributed by atoms with Gasteiger partial charge < -0.3 is 9.47 Å². The monoisotopic (exact) mass is 567 g/mol. The van der Waals surface area contributed by atoms with Crippen molar-refractivity contribution in [2.45, 2.75) is 26.1 Å². The lowest BCUT2D eigenvalue weighted by Crippen LogP contribution is -2.40. The van der Waals surface area contributed by atoms with Gasteiger partial charge in [0.1, 0.15) is 18.1 Å². The zero-order valence-corrected chi connectivity index (χ0v) is 21.9. The highest BCUT2D eigenvalue weighted by Crippen LogP contribution is 2.38. The van der Waals surface area contributed by atoms with Crippen molar-refractivity contribution in [2.75, 3.05) is 12.5 Å². The maximum atomic E-state index is 13.3. The van der Waals surface area contributed by atoms with Gasteiger partial charge in [-0.1, -0.05) is 11.6 Å². The second kappa shape index (κ2) is 10.6. The fraction of sp³-hybridized carbons (Fsp3) is 0.280. The normalized spacial score (nSPS) is 12.5. The summed E-state index contributed by atoms with van der Waals surface area (Å²) >= 11 is 6.72. The Morgan fingerprint density at radius 1 is 1.16 bits per heavy atom. The van der Waals surface area contributed by atoms with Crippen LogP contribution >= 0.6 is 23.1 Å². The van der Waals surface area contributed by atoms with E-state index in [4.69, 9.17) is 21.1 Å². The number of ether oxygens (including phenoxy) is 2. The Bertz CT molecular complexity index is 1640. The van der Waals surface area contributed by atoms with Crippen LogP contribution in [0.5, 0.6) is 5.75 Å². The summed E-state index contributed by atoms with van der Waals surface area (Å²) in [5, 5.41) is 0.536. The predicted octanol–water partition coefficient (Wildman–Crippen LogP) is 4.69. The number of nitrogens with zero attached hydrogens (tertiary/aromatic N) is 3. The second-order valence-electron chi connectivity index (χ2n) is 8.37. The number of hydrogen-bond acceptors (Lipinski definition) is 7. The minimum atomic E-state index is -4.87. The van der Waals surface area contributed by atoms with Crippen LogP contribution in [0.4, 0.5) is 13.2 Å². The summed E-state index contributed by atoms with van der Waals surface area (Å²) in [7, 11) is 0.951. The molecule has 2 aromatic heterocycles. The summed E-state index contributed by atoms with van der Waals surface area (Å²) in [6.45, 7) is 3.43. The number of alkyl halides is 4. The van der Waals surface area contributed by atoms with Crippen LogP contribution in [0.15, 0.2) is 52.1 Å². The van der Waals surface area contributed by atoms with E-state index in [1.165, 1.54) is 19.1 Å². The van der Waals surface area contributed by atoms with E-state index < -0.39 is 35.2 Å². The molecule has 1 atom stereocenters. The zero-order chi connectivity index (χ0) is 27.8. The summed E-state index contributed by atoms with van der Waals surface area (Å²) in [5.74, 6) is -0.113. The Kier molecular flexibility index (Phi) is 7.65. The fourth-order valence-corrected chi connectivity index (χ4v) is 4.67. The Morgan fingerprint density at radius 2 is 1.89 bits per heavy atom. The van der Waals surface area contributed by atoms with Crippen LogP contribution in [0.3, 0.4) is 0 Å². The van der Waals surface area contributed by atoms with Crippen LogP contribution < -0.4 is 16.0 Å². The lowest BCUT2D eigenvalue weighted by atomic mass is 10.0. The van der Waals surface area contributed by atoms with Gasteiger partial charge in [0, 0.05) is 24.1 Å². The molecule has 0 saturated heterocycles. The Hall–Kier alpha value is -3.64. The SMILES string of the molecule is Cc1ccc(OC(C)C(=O)OCCCl)c(-c2nsc3ccc(-n4c(=O)cc(C(F)(F)F)n(C)c4=O)cc23)c1. The molecule has 200 valence electrons. The highest BCUT2D eigenvalue weighted by atomic mass is 35.5. The van der Waals surface area contributed by atoms with E-state index in [1.54, 1.807) is 24.3 Å². The van der Waals surface area contributed by atoms with Crippen molar-refractivity contribution in [1.29, 1.82) is 0 Å². The highest BCUT2D eigenvalue weighted by molar-refractivity contribution is 7.13. The molecule has 13 heteroatoms. The highest BCUT2D eigenvalue weighted by Gasteiger charge is 2.35. The van der Waals surface area contributed by atoms with E-state index in [1.807, 2.05) is 6.92 Å². The van der Waals surface area contributed by atoms with E-state index in [9.17, 15) is 27.6 Å². The molecule has 2 aromatic carbocycles.